The minimum absolute atomic E-state index is 0.600. The Bertz CT molecular complexity index is 378. The maximum absolute atomic E-state index is 5.79. The summed E-state index contributed by atoms with van der Waals surface area (Å²) in [6.07, 6.45) is 3.54. The van der Waals surface area contributed by atoms with Crippen LogP contribution in [0, 0.1) is 5.92 Å². The lowest BCUT2D eigenvalue weighted by atomic mass is 10.0. The molecule has 0 bridgehead atoms. The van der Waals surface area contributed by atoms with E-state index >= 15 is 0 Å². The lowest BCUT2D eigenvalue weighted by Crippen LogP contribution is -2.34. The minimum atomic E-state index is 0.600. The Labute approximate surface area is 110 Å². The van der Waals surface area contributed by atoms with Gasteiger partial charge in [-0.05, 0) is 42.9 Å². The smallest absolute Gasteiger partial charge is 0.129 e. The fourth-order valence-electron chi connectivity index (χ4n) is 2.85. The molecule has 100 valence electrons. The van der Waals surface area contributed by atoms with Crippen LogP contribution in [0.4, 0.5) is 5.82 Å². The molecule has 1 aliphatic heterocycles. The van der Waals surface area contributed by atoms with Crippen LogP contribution in [0.5, 0.6) is 0 Å². The highest BCUT2D eigenvalue weighted by Gasteiger charge is 2.28. The van der Waals surface area contributed by atoms with Gasteiger partial charge in [-0.15, -0.1) is 0 Å². The van der Waals surface area contributed by atoms with Crippen molar-refractivity contribution in [1.82, 2.24) is 4.98 Å². The molecule has 0 aromatic carbocycles. The summed E-state index contributed by atoms with van der Waals surface area (Å²) in [7, 11) is 0. The monoisotopic (exact) mass is 247 g/mol. The van der Waals surface area contributed by atoms with Crippen LogP contribution >= 0.6 is 0 Å². The first-order valence-electron chi connectivity index (χ1n) is 7.12. The number of nitrogens with zero attached hydrogens (tertiary/aromatic N) is 2. The summed E-state index contributed by atoms with van der Waals surface area (Å²) >= 11 is 0. The second kappa shape index (κ2) is 5.70. The first-order valence-corrected chi connectivity index (χ1v) is 7.12. The van der Waals surface area contributed by atoms with Crippen molar-refractivity contribution in [2.45, 2.75) is 52.6 Å². The van der Waals surface area contributed by atoms with E-state index in [9.17, 15) is 0 Å². The summed E-state index contributed by atoms with van der Waals surface area (Å²) in [5.74, 6) is 1.81. The van der Waals surface area contributed by atoms with Gasteiger partial charge in [0.25, 0.3) is 0 Å². The standard InChI is InChI=1S/C15H25N3/c1-4-13-8-12(10-16)9-15(17-13)18-7-5-6-14(18)11(2)3/h8-9,11,14H,4-7,10,16H2,1-3H3. The van der Waals surface area contributed by atoms with Crippen LogP contribution < -0.4 is 10.6 Å². The summed E-state index contributed by atoms with van der Waals surface area (Å²) in [4.78, 5) is 7.26. The molecule has 1 atom stereocenters. The molecule has 18 heavy (non-hydrogen) atoms. The lowest BCUT2D eigenvalue weighted by Gasteiger charge is -2.29. The van der Waals surface area contributed by atoms with E-state index in [1.54, 1.807) is 0 Å². The van der Waals surface area contributed by atoms with Crippen LogP contribution in [0.2, 0.25) is 0 Å². The summed E-state index contributed by atoms with van der Waals surface area (Å²) in [6, 6.07) is 4.93. The largest absolute Gasteiger partial charge is 0.353 e. The number of nitrogens with two attached hydrogens (primary N) is 1. The molecule has 3 heteroatoms. The summed E-state index contributed by atoms with van der Waals surface area (Å²) < 4.78 is 0. The SMILES string of the molecule is CCc1cc(CN)cc(N2CCCC2C(C)C)n1. The van der Waals surface area contributed by atoms with E-state index < -0.39 is 0 Å². The van der Waals surface area contributed by atoms with E-state index in [0.29, 0.717) is 18.5 Å². The molecule has 2 N–H and O–H groups in total. The number of aryl methyl sites for hydroxylation is 1. The minimum Gasteiger partial charge on any atom is -0.353 e. The first kappa shape index (κ1) is 13.3. The number of pyridine rings is 1. The number of aromatic nitrogens is 1. The van der Waals surface area contributed by atoms with Gasteiger partial charge in [0.1, 0.15) is 5.82 Å². The van der Waals surface area contributed by atoms with Crippen molar-refractivity contribution in [3.05, 3.63) is 23.4 Å². The average Bonchev–Trinajstić information content (AvgIpc) is 2.87. The quantitative estimate of drug-likeness (QED) is 0.889. The molecule has 1 fully saturated rings. The fraction of sp³-hybridized carbons (Fsp3) is 0.667. The Morgan fingerprint density at radius 1 is 1.44 bits per heavy atom. The van der Waals surface area contributed by atoms with Gasteiger partial charge in [-0.25, -0.2) is 4.98 Å². The van der Waals surface area contributed by atoms with Gasteiger partial charge < -0.3 is 10.6 Å². The molecule has 0 spiro atoms. The van der Waals surface area contributed by atoms with Crippen molar-refractivity contribution in [1.29, 1.82) is 0 Å². The fourth-order valence-corrected chi connectivity index (χ4v) is 2.85. The third-order valence-corrected chi connectivity index (χ3v) is 3.89. The Balaban J connectivity index is 2.31. The molecule has 1 saturated heterocycles. The third kappa shape index (κ3) is 2.66. The molecule has 3 nitrogen and oxygen atoms in total. The van der Waals surface area contributed by atoms with Crippen LogP contribution in [-0.4, -0.2) is 17.6 Å². The molecule has 0 amide bonds. The van der Waals surface area contributed by atoms with E-state index in [1.807, 2.05) is 0 Å². The molecule has 0 aliphatic carbocycles. The maximum Gasteiger partial charge on any atom is 0.129 e. The molecule has 1 aliphatic rings. The predicted molar refractivity (Wildman–Crippen MR) is 76.7 cm³/mol. The number of hydrogen-bond acceptors (Lipinski definition) is 3. The van der Waals surface area contributed by atoms with E-state index in [2.05, 4.69) is 37.8 Å². The van der Waals surface area contributed by atoms with Crippen molar-refractivity contribution in [3.63, 3.8) is 0 Å². The average molecular weight is 247 g/mol. The molecular formula is C15H25N3. The Morgan fingerprint density at radius 3 is 2.83 bits per heavy atom. The first-order chi connectivity index (χ1) is 8.65. The van der Waals surface area contributed by atoms with Gasteiger partial charge in [0.05, 0.1) is 0 Å². The molecule has 1 aromatic heterocycles. The predicted octanol–water partition coefficient (Wildman–Crippen LogP) is 2.73. The Hall–Kier alpha value is -1.09. The van der Waals surface area contributed by atoms with Gasteiger partial charge in [0, 0.05) is 24.8 Å². The molecule has 2 heterocycles. The number of rotatable bonds is 4. The van der Waals surface area contributed by atoms with Gasteiger partial charge in [-0.2, -0.15) is 0 Å². The second-order valence-corrected chi connectivity index (χ2v) is 5.53. The summed E-state index contributed by atoms with van der Waals surface area (Å²) in [5, 5.41) is 0. The zero-order valence-corrected chi connectivity index (χ0v) is 11.8. The highest BCUT2D eigenvalue weighted by Crippen LogP contribution is 2.29. The molecule has 1 unspecified atom stereocenters. The Kier molecular flexibility index (Phi) is 4.23. The van der Waals surface area contributed by atoms with E-state index in [4.69, 9.17) is 10.7 Å². The second-order valence-electron chi connectivity index (χ2n) is 5.53. The van der Waals surface area contributed by atoms with Gasteiger partial charge in [0.15, 0.2) is 0 Å². The van der Waals surface area contributed by atoms with E-state index in [0.717, 1.165) is 24.5 Å². The third-order valence-electron chi connectivity index (χ3n) is 3.89. The van der Waals surface area contributed by atoms with E-state index in [-0.39, 0.29) is 0 Å². The zero-order valence-electron chi connectivity index (χ0n) is 11.8. The van der Waals surface area contributed by atoms with Crippen LogP contribution in [0.15, 0.2) is 12.1 Å². The lowest BCUT2D eigenvalue weighted by molar-refractivity contribution is 0.489. The number of anilines is 1. The maximum atomic E-state index is 5.79. The number of hydrogen-bond donors (Lipinski definition) is 1. The van der Waals surface area contributed by atoms with Gasteiger partial charge >= 0.3 is 0 Å². The van der Waals surface area contributed by atoms with Crippen LogP contribution in [0.25, 0.3) is 0 Å². The summed E-state index contributed by atoms with van der Waals surface area (Å²) in [5.41, 5.74) is 8.14. The van der Waals surface area contributed by atoms with Gasteiger partial charge in [0.2, 0.25) is 0 Å². The van der Waals surface area contributed by atoms with E-state index in [1.165, 1.54) is 18.4 Å². The topological polar surface area (TPSA) is 42.1 Å². The van der Waals surface area contributed by atoms with Crippen molar-refractivity contribution >= 4 is 5.82 Å². The highest BCUT2D eigenvalue weighted by molar-refractivity contribution is 5.45. The zero-order chi connectivity index (χ0) is 13.1. The molecular weight excluding hydrogens is 222 g/mol. The van der Waals surface area contributed by atoms with Crippen LogP contribution in [-0.2, 0) is 13.0 Å². The molecule has 1 aromatic rings. The van der Waals surface area contributed by atoms with Crippen LogP contribution in [0.3, 0.4) is 0 Å². The normalized spacial score (nSPS) is 19.8. The van der Waals surface area contributed by atoms with Gasteiger partial charge in [-0.3, -0.25) is 0 Å². The summed E-state index contributed by atoms with van der Waals surface area (Å²) in [6.45, 7) is 8.49. The van der Waals surface area contributed by atoms with Crippen molar-refractivity contribution in [2.75, 3.05) is 11.4 Å². The molecule has 0 radical (unpaired) electrons. The van der Waals surface area contributed by atoms with Crippen LogP contribution in [0.1, 0.15) is 44.9 Å². The van der Waals surface area contributed by atoms with Crippen molar-refractivity contribution in [3.8, 4) is 0 Å². The molecule has 2 rings (SSSR count). The van der Waals surface area contributed by atoms with Gasteiger partial charge in [-0.1, -0.05) is 20.8 Å². The molecule has 0 saturated carbocycles. The van der Waals surface area contributed by atoms with Crippen molar-refractivity contribution < 1.29 is 0 Å². The highest BCUT2D eigenvalue weighted by atomic mass is 15.2. The van der Waals surface area contributed by atoms with Crippen molar-refractivity contribution in [2.24, 2.45) is 11.7 Å². The Morgan fingerprint density at radius 2 is 2.22 bits per heavy atom.